The summed E-state index contributed by atoms with van der Waals surface area (Å²) in [5.41, 5.74) is 3.41. The van der Waals surface area contributed by atoms with Gasteiger partial charge in [0.1, 0.15) is 10.5 Å². The first-order chi connectivity index (χ1) is 10.0. The zero-order valence-corrected chi connectivity index (χ0v) is 21.8. The monoisotopic (exact) mass is 388 g/mol. The van der Waals surface area contributed by atoms with E-state index in [1.165, 1.54) is 5.56 Å². The Kier molecular flexibility index (Phi) is 9.15. The molecule has 0 radical (unpaired) electrons. The molecule has 9 heteroatoms. The van der Waals surface area contributed by atoms with E-state index in [9.17, 15) is 0 Å². The third-order valence-electron chi connectivity index (χ3n) is 3.42. The molecule has 1 aromatic carbocycles. The van der Waals surface area contributed by atoms with Crippen LogP contribution in [0, 0.1) is 0 Å². The van der Waals surface area contributed by atoms with E-state index in [2.05, 4.69) is 56.6 Å². The highest BCUT2D eigenvalue weighted by Crippen LogP contribution is 2.12. The standard InChI is InChI=1S/C12H28O3Si6/c1-5-20(4)15-18-21(13-16,17-14-19(2)3)11-12-9-7-6-8-10-12/h5-10,19-20H,1,11,17-18H2,2-4,16H3. The van der Waals surface area contributed by atoms with Crippen molar-refractivity contribution in [3.8, 4) is 0 Å². The second-order valence-corrected chi connectivity index (χ2v) is 29.7. The molecule has 1 rings (SSSR count). The Morgan fingerprint density at radius 1 is 1.19 bits per heavy atom. The Balaban J connectivity index is 2.81. The molecule has 0 aliphatic rings. The largest absolute Gasteiger partial charge is 0.464 e. The van der Waals surface area contributed by atoms with Gasteiger partial charge in [0.25, 0.3) is 0 Å². The van der Waals surface area contributed by atoms with Crippen molar-refractivity contribution in [3.05, 3.63) is 48.2 Å². The highest BCUT2D eigenvalue weighted by molar-refractivity contribution is 7.46. The molecule has 0 heterocycles. The summed E-state index contributed by atoms with van der Waals surface area (Å²) < 4.78 is 18.7. The fourth-order valence-electron chi connectivity index (χ4n) is 1.97. The van der Waals surface area contributed by atoms with E-state index in [-0.39, 0.29) is 0 Å². The van der Waals surface area contributed by atoms with Crippen LogP contribution in [0.1, 0.15) is 5.56 Å². The van der Waals surface area contributed by atoms with Gasteiger partial charge in [-0.25, -0.2) is 0 Å². The van der Waals surface area contributed by atoms with Crippen molar-refractivity contribution in [1.82, 2.24) is 0 Å². The molecule has 0 spiro atoms. The Bertz CT molecular complexity index is 419. The van der Waals surface area contributed by atoms with Gasteiger partial charge in [-0.15, -0.1) is 6.58 Å². The van der Waals surface area contributed by atoms with Crippen LogP contribution in [-0.4, -0.2) is 54.5 Å². The zero-order valence-electron chi connectivity index (χ0n) is 13.7. The molecular weight excluding hydrogens is 361 g/mol. The van der Waals surface area contributed by atoms with Gasteiger partial charge in [-0.3, -0.25) is 0 Å². The van der Waals surface area contributed by atoms with Crippen LogP contribution in [0.25, 0.3) is 0 Å². The first kappa shape index (κ1) is 19.2. The molecule has 2 unspecified atom stereocenters. The van der Waals surface area contributed by atoms with Gasteiger partial charge in [0, 0.05) is 0 Å². The van der Waals surface area contributed by atoms with Crippen molar-refractivity contribution >= 4 is 54.5 Å². The maximum atomic E-state index is 6.25. The second-order valence-electron chi connectivity index (χ2n) is 5.66. The van der Waals surface area contributed by atoms with Crippen molar-refractivity contribution < 1.29 is 12.3 Å². The van der Waals surface area contributed by atoms with Gasteiger partial charge in [-0.2, -0.15) is 0 Å². The summed E-state index contributed by atoms with van der Waals surface area (Å²) >= 11 is 0. The van der Waals surface area contributed by atoms with Gasteiger partial charge in [0.2, 0.25) is 7.35 Å². The fourth-order valence-corrected chi connectivity index (χ4v) is 32.8. The fraction of sp³-hybridized carbons (Fsp3) is 0.333. The maximum Gasteiger partial charge on any atom is 0.204 e. The summed E-state index contributed by atoms with van der Waals surface area (Å²) in [5.74, 6) is 0. The zero-order chi connectivity index (χ0) is 15.7. The third kappa shape index (κ3) is 7.30. The van der Waals surface area contributed by atoms with E-state index in [4.69, 9.17) is 12.3 Å². The maximum absolute atomic E-state index is 6.25. The SMILES string of the molecule is C=C[SiH](C)O[SiH2][Si](Cc1ccccc1)(O[SiH3])[SiH2]O[SiH](C)C. The average molecular weight is 389 g/mol. The minimum absolute atomic E-state index is 0.586. The topological polar surface area (TPSA) is 27.7 Å². The second kappa shape index (κ2) is 10.0. The first-order valence-electron chi connectivity index (χ1n) is 7.46. The van der Waals surface area contributed by atoms with Gasteiger partial charge in [-0.05, 0) is 31.2 Å². The molecule has 0 fully saturated rings. The number of rotatable bonds is 10. The number of benzene rings is 1. The van der Waals surface area contributed by atoms with Gasteiger partial charge in [0.15, 0.2) is 36.6 Å². The molecule has 0 saturated heterocycles. The van der Waals surface area contributed by atoms with Crippen molar-refractivity contribution in [2.24, 2.45) is 0 Å². The summed E-state index contributed by atoms with van der Waals surface area (Å²) in [6.45, 7) is 10.6. The summed E-state index contributed by atoms with van der Waals surface area (Å²) in [5, 5.41) is 0. The molecule has 0 bridgehead atoms. The smallest absolute Gasteiger partial charge is 0.204 e. The van der Waals surface area contributed by atoms with Crippen LogP contribution in [0.3, 0.4) is 0 Å². The van der Waals surface area contributed by atoms with Crippen molar-refractivity contribution in [2.75, 3.05) is 0 Å². The molecule has 0 amide bonds. The van der Waals surface area contributed by atoms with E-state index >= 15 is 0 Å². The van der Waals surface area contributed by atoms with Crippen LogP contribution in [0.15, 0.2) is 42.6 Å². The van der Waals surface area contributed by atoms with Crippen molar-refractivity contribution in [1.29, 1.82) is 0 Å². The molecule has 0 aromatic heterocycles. The Morgan fingerprint density at radius 3 is 2.33 bits per heavy atom. The van der Waals surface area contributed by atoms with Crippen molar-refractivity contribution in [2.45, 2.75) is 25.7 Å². The molecule has 21 heavy (non-hydrogen) atoms. The lowest BCUT2D eigenvalue weighted by Gasteiger charge is -2.31. The molecule has 0 saturated carbocycles. The molecule has 1 aromatic rings. The third-order valence-corrected chi connectivity index (χ3v) is 32.3. The van der Waals surface area contributed by atoms with Gasteiger partial charge >= 0.3 is 0 Å². The number of hydrogen-bond acceptors (Lipinski definition) is 3. The summed E-state index contributed by atoms with van der Waals surface area (Å²) in [4.78, 5) is 0. The Hall–Kier alpha value is 0.141. The van der Waals surface area contributed by atoms with Crippen LogP contribution >= 0.6 is 0 Å². The Morgan fingerprint density at radius 2 is 1.81 bits per heavy atom. The van der Waals surface area contributed by atoms with E-state index in [0.29, 0.717) is 0 Å². The minimum atomic E-state index is -1.74. The molecule has 118 valence electrons. The van der Waals surface area contributed by atoms with E-state index in [1.54, 1.807) is 0 Å². The summed E-state index contributed by atoms with van der Waals surface area (Å²) in [6.07, 6.45) is 0. The van der Waals surface area contributed by atoms with Crippen LogP contribution in [0.4, 0.5) is 0 Å². The minimum Gasteiger partial charge on any atom is -0.464 e. The van der Waals surface area contributed by atoms with Crippen LogP contribution < -0.4 is 0 Å². The predicted octanol–water partition coefficient (Wildman–Crippen LogP) is -0.733. The van der Waals surface area contributed by atoms with Gasteiger partial charge in [0.05, 0.1) is 0 Å². The van der Waals surface area contributed by atoms with Gasteiger partial charge < -0.3 is 12.3 Å². The average Bonchev–Trinajstić information content (AvgIpc) is 2.50. The lowest BCUT2D eigenvalue weighted by atomic mass is 10.2. The highest BCUT2D eigenvalue weighted by Gasteiger charge is 2.36. The van der Waals surface area contributed by atoms with Crippen LogP contribution in [0.2, 0.25) is 19.6 Å². The molecule has 0 N–H and O–H groups in total. The van der Waals surface area contributed by atoms with Gasteiger partial charge in [-0.1, -0.05) is 36.0 Å². The lowest BCUT2D eigenvalue weighted by molar-refractivity contribution is 0.578. The molecule has 2 atom stereocenters. The van der Waals surface area contributed by atoms with Crippen LogP contribution in [0.5, 0.6) is 0 Å². The Labute approximate surface area is 140 Å². The number of hydrogen-bond donors (Lipinski definition) is 0. The summed E-state index contributed by atoms with van der Waals surface area (Å²) in [7, 11) is -4.28. The predicted molar refractivity (Wildman–Crippen MR) is 108 cm³/mol. The summed E-state index contributed by atoms with van der Waals surface area (Å²) in [6, 6.07) is 11.8. The van der Waals surface area contributed by atoms with E-state index in [0.717, 1.165) is 16.5 Å². The van der Waals surface area contributed by atoms with Crippen LogP contribution in [-0.2, 0) is 18.4 Å². The van der Waals surface area contributed by atoms with E-state index in [1.807, 2.05) is 5.70 Å². The molecule has 0 aliphatic carbocycles. The van der Waals surface area contributed by atoms with E-state index < -0.39 is 44.0 Å². The van der Waals surface area contributed by atoms with Crippen molar-refractivity contribution in [3.63, 3.8) is 0 Å². The normalized spacial score (nSPS) is 17.0. The highest BCUT2D eigenvalue weighted by atomic mass is 29.6. The first-order valence-corrected chi connectivity index (χ1v) is 21.3. The lowest BCUT2D eigenvalue weighted by Crippen LogP contribution is -2.57. The quantitative estimate of drug-likeness (QED) is 0.495. The molecule has 3 nitrogen and oxygen atoms in total. The molecule has 0 aliphatic heterocycles. The molecular formula is C12H28O3Si6.